The molecule has 3 atom stereocenters. The first-order valence-electron chi connectivity index (χ1n) is 11.6. The van der Waals surface area contributed by atoms with Crippen LogP contribution < -0.4 is 10.9 Å². The molecule has 0 radical (unpaired) electrons. The van der Waals surface area contributed by atoms with Crippen LogP contribution in [0, 0.1) is 5.92 Å². The lowest BCUT2D eigenvalue weighted by Gasteiger charge is -2.44. The first-order chi connectivity index (χ1) is 16.8. The minimum absolute atomic E-state index is 0.0185. The maximum Gasteiger partial charge on any atom is 0.325 e. The van der Waals surface area contributed by atoms with Crippen molar-refractivity contribution in [3.05, 3.63) is 64.2 Å². The summed E-state index contributed by atoms with van der Waals surface area (Å²) in [6.07, 6.45) is 2.21. The lowest BCUT2D eigenvalue weighted by molar-refractivity contribution is -0.145. The van der Waals surface area contributed by atoms with E-state index in [1.807, 2.05) is 15.5 Å². The third-order valence-corrected chi connectivity index (χ3v) is 6.97. The molecule has 0 aliphatic carbocycles. The Bertz CT molecular complexity index is 1380. The van der Waals surface area contributed by atoms with E-state index in [1.54, 1.807) is 36.5 Å². The molecular weight excluding hydrogens is 452 g/mol. The van der Waals surface area contributed by atoms with Crippen LogP contribution >= 0.6 is 0 Å². The van der Waals surface area contributed by atoms with Crippen molar-refractivity contribution in [3.63, 3.8) is 0 Å². The number of hydrogen-bond acceptors (Lipinski definition) is 5. The molecule has 2 aliphatic heterocycles. The standard InChI is InChI=1S/C25H26N4O6/c30-21(6-7-23(32)33)27-16-4-5-19-17(9-16)18(10-26-19)24(25(34)35)28-11-14-8-15(13-28)20-2-1-3-22(31)29(20)12-14/h1-5,9-10,14-15,24,26H,6-8,11-13H2,(H,27,30)(H,32,33)(H,34,35)/t14-,15-,24?/m1/s1. The van der Waals surface area contributed by atoms with Crippen LogP contribution in [-0.4, -0.2) is 55.6 Å². The van der Waals surface area contributed by atoms with Crippen LogP contribution in [0.3, 0.4) is 0 Å². The molecular formula is C25H26N4O6. The number of carbonyl (C=O) groups excluding carboxylic acids is 1. The number of piperidine rings is 1. The Hall–Kier alpha value is -3.92. The highest BCUT2D eigenvalue weighted by molar-refractivity contribution is 5.96. The van der Waals surface area contributed by atoms with Crippen LogP contribution in [0.5, 0.6) is 0 Å². The molecule has 2 aliphatic rings. The van der Waals surface area contributed by atoms with Gasteiger partial charge in [0.25, 0.3) is 5.56 Å². The molecule has 2 bridgehead atoms. The van der Waals surface area contributed by atoms with Gasteiger partial charge >= 0.3 is 11.9 Å². The van der Waals surface area contributed by atoms with Crippen molar-refractivity contribution in [3.8, 4) is 0 Å². The number of benzene rings is 1. The minimum Gasteiger partial charge on any atom is -0.481 e. The van der Waals surface area contributed by atoms with Crippen LogP contribution in [0.25, 0.3) is 10.9 Å². The molecule has 0 saturated carbocycles. The number of fused-ring (bicyclic) bond motifs is 5. The number of nitrogens with zero attached hydrogens (tertiary/aromatic N) is 2. The number of aromatic nitrogens is 2. The van der Waals surface area contributed by atoms with E-state index in [1.165, 1.54) is 0 Å². The Labute approximate surface area is 200 Å². The highest BCUT2D eigenvalue weighted by Gasteiger charge is 2.40. The van der Waals surface area contributed by atoms with Gasteiger partial charge in [0.15, 0.2) is 0 Å². The lowest BCUT2D eigenvalue weighted by Crippen LogP contribution is -2.49. The molecule has 1 aromatic carbocycles. The van der Waals surface area contributed by atoms with Crippen molar-refractivity contribution in [2.45, 2.75) is 37.8 Å². The second-order valence-electron chi connectivity index (χ2n) is 9.34. The molecule has 0 spiro atoms. The summed E-state index contributed by atoms with van der Waals surface area (Å²) in [5, 5.41) is 22.4. The van der Waals surface area contributed by atoms with Crippen LogP contribution in [0.4, 0.5) is 5.69 Å². The van der Waals surface area contributed by atoms with Crippen molar-refractivity contribution in [2.75, 3.05) is 18.4 Å². The molecule has 5 rings (SSSR count). The first kappa shape index (κ1) is 22.9. The van der Waals surface area contributed by atoms with Gasteiger partial charge in [-0.3, -0.25) is 24.1 Å². The van der Waals surface area contributed by atoms with Gasteiger partial charge in [0.1, 0.15) is 6.04 Å². The predicted octanol–water partition coefficient (Wildman–Crippen LogP) is 2.38. The molecule has 2 aromatic heterocycles. The molecule has 3 aromatic rings. The fraction of sp³-hybridized carbons (Fsp3) is 0.360. The average Bonchev–Trinajstić information content (AvgIpc) is 3.21. The smallest absolute Gasteiger partial charge is 0.325 e. The number of amides is 1. The highest BCUT2D eigenvalue weighted by Crippen LogP contribution is 2.40. The molecule has 10 nitrogen and oxygen atoms in total. The van der Waals surface area contributed by atoms with E-state index < -0.39 is 23.9 Å². The largest absolute Gasteiger partial charge is 0.481 e. The summed E-state index contributed by atoms with van der Waals surface area (Å²) in [6, 6.07) is 9.55. The Kier molecular flexibility index (Phi) is 5.89. The van der Waals surface area contributed by atoms with Gasteiger partial charge in [0.05, 0.1) is 6.42 Å². The summed E-state index contributed by atoms with van der Waals surface area (Å²) in [6.45, 7) is 1.66. The fourth-order valence-electron chi connectivity index (χ4n) is 5.52. The summed E-state index contributed by atoms with van der Waals surface area (Å²) in [4.78, 5) is 52.8. The van der Waals surface area contributed by atoms with E-state index in [2.05, 4.69) is 10.3 Å². The Balaban J connectivity index is 1.43. The van der Waals surface area contributed by atoms with Gasteiger partial charge in [-0.25, -0.2) is 0 Å². The van der Waals surface area contributed by atoms with Crippen molar-refractivity contribution in [1.29, 1.82) is 0 Å². The van der Waals surface area contributed by atoms with E-state index in [0.29, 0.717) is 36.3 Å². The summed E-state index contributed by atoms with van der Waals surface area (Å²) in [5.74, 6) is -2.18. The first-order valence-corrected chi connectivity index (χ1v) is 11.6. The minimum atomic E-state index is -1.05. The second kappa shape index (κ2) is 9.03. The Morgan fingerprint density at radius 2 is 1.91 bits per heavy atom. The van der Waals surface area contributed by atoms with Crippen molar-refractivity contribution in [1.82, 2.24) is 14.5 Å². The highest BCUT2D eigenvalue weighted by atomic mass is 16.4. The molecule has 10 heteroatoms. The number of carboxylic acids is 2. The number of H-pyrrole nitrogens is 1. The topological polar surface area (TPSA) is 145 Å². The number of carbonyl (C=O) groups is 3. The summed E-state index contributed by atoms with van der Waals surface area (Å²) < 4.78 is 1.82. The normalized spacial score (nSPS) is 20.2. The quantitative estimate of drug-likeness (QED) is 0.408. The molecule has 1 saturated heterocycles. The van der Waals surface area contributed by atoms with Gasteiger partial charge in [0.2, 0.25) is 5.91 Å². The maximum absolute atomic E-state index is 12.5. The van der Waals surface area contributed by atoms with E-state index in [-0.39, 0.29) is 30.2 Å². The number of anilines is 1. The third-order valence-electron chi connectivity index (χ3n) is 6.97. The SMILES string of the molecule is O=C(O)CCC(=O)Nc1ccc2[nH]cc(C(C(=O)O)N3C[C@H]4C[C@H](C3)c3cccc(=O)n3C4)c2c1. The number of hydrogen-bond donors (Lipinski definition) is 4. The number of nitrogens with one attached hydrogen (secondary N) is 2. The molecule has 1 fully saturated rings. The van der Waals surface area contributed by atoms with Crippen molar-refractivity contribution < 1.29 is 24.6 Å². The molecule has 1 unspecified atom stereocenters. The van der Waals surface area contributed by atoms with Gasteiger partial charge in [0, 0.05) is 72.1 Å². The molecule has 1 amide bonds. The van der Waals surface area contributed by atoms with E-state index in [9.17, 15) is 24.3 Å². The van der Waals surface area contributed by atoms with Crippen LogP contribution in [-0.2, 0) is 20.9 Å². The van der Waals surface area contributed by atoms with Crippen molar-refractivity contribution in [2.24, 2.45) is 5.92 Å². The number of aliphatic carboxylic acids is 2. The van der Waals surface area contributed by atoms with Crippen LogP contribution in [0.2, 0.25) is 0 Å². The van der Waals surface area contributed by atoms with Gasteiger partial charge in [-0.1, -0.05) is 6.07 Å². The lowest BCUT2D eigenvalue weighted by atomic mass is 9.82. The summed E-state index contributed by atoms with van der Waals surface area (Å²) in [5.41, 5.74) is 2.74. The number of likely N-dealkylation sites (tertiary alicyclic amines) is 1. The number of aromatic amines is 1. The Morgan fingerprint density at radius 3 is 2.69 bits per heavy atom. The maximum atomic E-state index is 12.5. The zero-order valence-corrected chi connectivity index (χ0v) is 18.9. The molecule has 35 heavy (non-hydrogen) atoms. The average molecular weight is 479 g/mol. The molecule has 4 N–H and O–H groups in total. The van der Waals surface area contributed by atoms with Gasteiger partial charge < -0.3 is 25.1 Å². The summed E-state index contributed by atoms with van der Waals surface area (Å²) in [7, 11) is 0. The van der Waals surface area contributed by atoms with Gasteiger partial charge in [-0.2, -0.15) is 0 Å². The second-order valence-corrected chi connectivity index (χ2v) is 9.34. The van der Waals surface area contributed by atoms with Crippen LogP contribution in [0.15, 0.2) is 47.4 Å². The third kappa shape index (κ3) is 4.44. The zero-order chi connectivity index (χ0) is 24.7. The van der Waals surface area contributed by atoms with E-state index in [4.69, 9.17) is 5.11 Å². The van der Waals surface area contributed by atoms with E-state index >= 15 is 0 Å². The van der Waals surface area contributed by atoms with Gasteiger partial charge in [-0.05, 0) is 36.6 Å². The van der Waals surface area contributed by atoms with E-state index in [0.717, 1.165) is 17.6 Å². The van der Waals surface area contributed by atoms with Gasteiger partial charge in [-0.15, -0.1) is 0 Å². The van der Waals surface area contributed by atoms with Crippen LogP contribution in [0.1, 0.15) is 42.5 Å². The fourth-order valence-corrected chi connectivity index (χ4v) is 5.52. The number of carboxylic acid groups (broad SMARTS) is 2. The monoisotopic (exact) mass is 478 g/mol. The van der Waals surface area contributed by atoms with Crippen molar-refractivity contribution >= 4 is 34.4 Å². The predicted molar refractivity (Wildman–Crippen MR) is 127 cm³/mol. The zero-order valence-electron chi connectivity index (χ0n) is 18.9. The molecule has 182 valence electrons. The number of rotatable bonds is 7. The number of pyridine rings is 1. The summed E-state index contributed by atoms with van der Waals surface area (Å²) >= 11 is 0. The molecule has 4 heterocycles. The Morgan fingerprint density at radius 1 is 1.09 bits per heavy atom.